The Balaban J connectivity index is 2.00. The molecule has 0 bridgehead atoms. The molecule has 112 valence electrons. The molecule has 0 saturated heterocycles. The minimum absolute atomic E-state index is 0.224. The standard InChI is InChI=1S/C18H30N2/c1-17(2)11-14(19)13-8-10-20(15(13)12-17)16-7-5-6-9-18(16,3)4/h8,10,14,16H,5-7,9,11-12,19H2,1-4H3. The summed E-state index contributed by atoms with van der Waals surface area (Å²) in [5, 5.41) is 0. The first-order chi connectivity index (χ1) is 9.30. The van der Waals surface area contributed by atoms with E-state index in [1.54, 1.807) is 0 Å². The van der Waals surface area contributed by atoms with E-state index in [0.717, 1.165) is 6.42 Å². The van der Waals surface area contributed by atoms with Gasteiger partial charge in [0.2, 0.25) is 0 Å². The van der Waals surface area contributed by atoms with Crippen molar-refractivity contribution in [2.24, 2.45) is 16.6 Å². The number of nitrogens with zero attached hydrogens (tertiary/aromatic N) is 1. The van der Waals surface area contributed by atoms with Crippen LogP contribution in [0.2, 0.25) is 0 Å². The Hall–Kier alpha value is -0.760. The molecule has 1 heterocycles. The lowest BCUT2D eigenvalue weighted by Crippen LogP contribution is -2.35. The fourth-order valence-corrected chi connectivity index (χ4v) is 4.54. The highest BCUT2D eigenvalue weighted by atomic mass is 15.0. The van der Waals surface area contributed by atoms with Crippen molar-refractivity contribution in [3.8, 4) is 0 Å². The molecule has 2 aliphatic rings. The third-order valence-electron chi connectivity index (χ3n) is 5.66. The Morgan fingerprint density at radius 3 is 2.65 bits per heavy atom. The number of hydrogen-bond acceptors (Lipinski definition) is 1. The minimum atomic E-state index is 0.224. The first-order valence-corrected chi connectivity index (χ1v) is 8.25. The Morgan fingerprint density at radius 1 is 1.20 bits per heavy atom. The van der Waals surface area contributed by atoms with E-state index in [2.05, 4.69) is 44.5 Å². The molecule has 1 saturated carbocycles. The highest BCUT2D eigenvalue weighted by molar-refractivity contribution is 5.31. The van der Waals surface area contributed by atoms with Gasteiger partial charge in [0.25, 0.3) is 0 Å². The largest absolute Gasteiger partial charge is 0.348 e. The van der Waals surface area contributed by atoms with Crippen LogP contribution in [0, 0.1) is 10.8 Å². The van der Waals surface area contributed by atoms with Gasteiger partial charge in [0.15, 0.2) is 0 Å². The Labute approximate surface area is 123 Å². The van der Waals surface area contributed by atoms with Gasteiger partial charge < -0.3 is 10.3 Å². The third-order valence-corrected chi connectivity index (χ3v) is 5.66. The topological polar surface area (TPSA) is 30.9 Å². The molecule has 1 aromatic heterocycles. The number of fused-ring (bicyclic) bond motifs is 1. The zero-order chi connectivity index (χ0) is 14.5. The van der Waals surface area contributed by atoms with Crippen LogP contribution in [0.3, 0.4) is 0 Å². The molecule has 1 aromatic rings. The molecule has 2 aliphatic carbocycles. The van der Waals surface area contributed by atoms with Gasteiger partial charge in [0.05, 0.1) is 0 Å². The molecule has 20 heavy (non-hydrogen) atoms. The van der Waals surface area contributed by atoms with Crippen molar-refractivity contribution in [3.63, 3.8) is 0 Å². The van der Waals surface area contributed by atoms with Gasteiger partial charge in [0, 0.05) is 24.0 Å². The van der Waals surface area contributed by atoms with Crippen molar-refractivity contribution in [3.05, 3.63) is 23.5 Å². The van der Waals surface area contributed by atoms with E-state index in [0.29, 0.717) is 16.9 Å². The molecule has 2 N–H and O–H groups in total. The van der Waals surface area contributed by atoms with Crippen molar-refractivity contribution < 1.29 is 0 Å². The van der Waals surface area contributed by atoms with Crippen molar-refractivity contribution in [1.82, 2.24) is 4.57 Å². The molecule has 2 atom stereocenters. The van der Waals surface area contributed by atoms with Crippen molar-refractivity contribution in [2.45, 2.75) is 78.3 Å². The van der Waals surface area contributed by atoms with Gasteiger partial charge in [0.1, 0.15) is 0 Å². The van der Waals surface area contributed by atoms with E-state index < -0.39 is 0 Å². The molecule has 2 nitrogen and oxygen atoms in total. The number of nitrogens with two attached hydrogens (primary N) is 1. The van der Waals surface area contributed by atoms with E-state index >= 15 is 0 Å². The summed E-state index contributed by atoms with van der Waals surface area (Å²) >= 11 is 0. The second-order valence-corrected chi connectivity index (χ2v) is 8.53. The first kappa shape index (κ1) is 14.2. The highest BCUT2D eigenvalue weighted by Crippen LogP contribution is 2.47. The molecular formula is C18H30N2. The fourth-order valence-electron chi connectivity index (χ4n) is 4.54. The average molecular weight is 274 g/mol. The molecule has 0 radical (unpaired) electrons. The van der Waals surface area contributed by atoms with Crippen LogP contribution in [-0.2, 0) is 6.42 Å². The SMILES string of the molecule is CC1(C)Cc2c(ccn2C2CCCCC2(C)C)C(N)C1. The van der Waals surface area contributed by atoms with Gasteiger partial charge in [-0.1, -0.05) is 40.5 Å². The van der Waals surface area contributed by atoms with Crippen molar-refractivity contribution in [1.29, 1.82) is 0 Å². The maximum atomic E-state index is 6.42. The maximum absolute atomic E-state index is 6.42. The second kappa shape index (κ2) is 4.62. The van der Waals surface area contributed by atoms with E-state index in [1.165, 1.54) is 43.4 Å². The molecule has 0 aliphatic heterocycles. The summed E-state index contributed by atoms with van der Waals surface area (Å²) < 4.78 is 2.59. The molecule has 2 heteroatoms. The Bertz CT molecular complexity index is 496. The lowest BCUT2D eigenvalue weighted by molar-refractivity contribution is 0.137. The van der Waals surface area contributed by atoms with Crippen LogP contribution in [0.5, 0.6) is 0 Å². The molecule has 0 spiro atoms. The fraction of sp³-hybridized carbons (Fsp3) is 0.778. The molecule has 0 aromatic carbocycles. The average Bonchev–Trinajstić information content (AvgIpc) is 2.70. The molecule has 2 unspecified atom stereocenters. The van der Waals surface area contributed by atoms with Crippen LogP contribution >= 0.6 is 0 Å². The van der Waals surface area contributed by atoms with Crippen molar-refractivity contribution >= 4 is 0 Å². The van der Waals surface area contributed by atoms with E-state index in [-0.39, 0.29) is 6.04 Å². The highest BCUT2D eigenvalue weighted by Gasteiger charge is 2.38. The van der Waals surface area contributed by atoms with Gasteiger partial charge in [-0.05, 0) is 48.1 Å². The monoisotopic (exact) mass is 274 g/mol. The van der Waals surface area contributed by atoms with E-state index in [4.69, 9.17) is 5.73 Å². The van der Waals surface area contributed by atoms with Crippen LogP contribution in [0.15, 0.2) is 12.3 Å². The maximum Gasteiger partial charge on any atom is 0.0384 e. The molecule has 1 fully saturated rings. The predicted molar refractivity (Wildman–Crippen MR) is 84.7 cm³/mol. The molecular weight excluding hydrogens is 244 g/mol. The zero-order valence-corrected chi connectivity index (χ0v) is 13.6. The normalized spacial score (nSPS) is 31.9. The second-order valence-electron chi connectivity index (χ2n) is 8.53. The number of rotatable bonds is 1. The van der Waals surface area contributed by atoms with Gasteiger partial charge in [-0.2, -0.15) is 0 Å². The number of hydrogen-bond donors (Lipinski definition) is 1. The lowest BCUT2D eigenvalue weighted by Gasteiger charge is -2.42. The summed E-state index contributed by atoms with van der Waals surface area (Å²) in [5.41, 5.74) is 10.1. The van der Waals surface area contributed by atoms with Crippen LogP contribution in [-0.4, -0.2) is 4.57 Å². The van der Waals surface area contributed by atoms with Gasteiger partial charge in [-0.3, -0.25) is 0 Å². The zero-order valence-electron chi connectivity index (χ0n) is 13.6. The quantitative estimate of drug-likeness (QED) is 0.797. The van der Waals surface area contributed by atoms with Gasteiger partial charge >= 0.3 is 0 Å². The van der Waals surface area contributed by atoms with E-state index in [9.17, 15) is 0 Å². The lowest BCUT2D eigenvalue weighted by atomic mass is 9.71. The van der Waals surface area contributed by atoms with Crippen LogP contribution in [0.4, 0.5) is 0 Å². The van der Waals surface area contributed by atoms with E-state index in [1.807, 2.05) is 0 Å². The first-order valence-electron chi connectivity index (χ1n) is 8.25. The summed E-state index contributed by atoms with van der Waals surface area (Å²) in [7, 11) is 0. The summed E-state index contributed by atoms with van der Waals surface area (Å²) in [6, 6.07) is 3.17. The summed E-state index contributed by atoms with van der Waals surface area (Å²) in [6.45, 7) is 9.60. The van der Waals surface area contributed by atoms with Crippen LogP contribution < -0.4 is 5.73 Å². The summed E-state index contributed by atoms with van der Waals surface area (Å²) in [5.74, 6) is 0. The predicted octanol–water partition coefficient (Wildman–Crippen LogP) is 4.60. The van der Waals surface area contributed by atoms with Gasteiger partial charge in [-0.15, -0.1) is 0 Å². The van der Waals surface area contributed by atoms with Gasteiger partial charge in [-0.25, -0.2) is 0 Å². The smallest absolute Gasteiger partial charge is 0.0384 e. The van der Waals surface area contributed by atoms with Crippen molar-refractivity contribution in [2.75, 3.05) is 0 Å². The number of aromatic nitrogens is 1. The Kier molecular flexibility index (Phi) is 3.28. The minimum Gasteiger partial charge on any atom is -0.348 e. The summed E-state index contributed by atoms with van der Waals surface area (Å²) in [6.07, 6.45) is 10.0. The van der Waals surface area contributed by atoms with Crippen LogP contribution in [0.25, 0.3) is 0 Å². The molecule has 3 rings (SSSR count). The van der Waals surface area contributed by atoms with Crippen LogP contribution in [0.1, 0.15) is 83.1 Å². The third kappa shape index (κ3) is 2.32. The Morgan fingerprint density at radius 2 is 1.95 bits per heavy atom. The summed E-state index contributed by atoms with van der Waals surface area (Å²) in [4.78, 5) is 0. The molecule has 0 amide bonds.